The summed E-state index contributed by atoms with van der Waals surface area (Å²) in [5.41, 5.74) is 4.97. The normalized spacial score (nSPS) is 25.6. The molecule has 0 spiro atoms. The SMILES string of the molecule is C[C@@H](O)[C@H]1C(=O)N2C(C(=O)O)=C(CNCCC(N)=O)S[C@H]12. The smallest absolute Gasteiger partial charge is 0.353 e. The molecule has 0 unspecified atom stereocenters. The molecule has 1 saturated heterocycles. The minimum atomic E-state index is -1.17. The number of hydrogen-bond donors (Lipinski definition) is 4. The summed E-state index contributed by atoms with van der Waals surface area (Å²) in [7, 11) is 0. The molecule has 0 aromatic rings. The van der Waals surface area contributed by atoms with Crippen molar-refractivity contribution >= 4 is 29.5 Å². The van der Waals surface area contributed by atoms with Gasteiger partial charge in [0.15, 0.2) is 0 Å². The molecule has 0 radical (unpaired) electrons. The van der Waals surface area contributed by atoms with Gasteiger partial charge in [-0.1, -0.05) is 0 Å². The van der Waals surface area contributed by atoms with Crippen LogP contribution in [-0.4, -0.2) is 57.5 Å². The number of carbonyl (C=O) groups is 3. The summed E-state index contributed by atoms with van der Waals surface area (Å²) in [4.78, 5) is 35.6. The Morgan fingerprint density at radius 1 is 1.52 bits per heavy atom. The average Bonchev–Trinajstić information content (AvgIpc) is 2.68. The van der Waals surface area contributed by atoms with Gasteiger partial charge in [0.25, 0.3) is 0 Å². The van der Waals surface area contributed by atoms with E-state index in [-0.39, 0.29) is 29.9 Å². The lowest BCUT2D eigenvalue weighted by atomic mass is 9.92. The minimum Gasteiger partial charge on any atom is -0.477 e. The van der Waals surface area contributed by atoms with Crippen molar-refractivity contribution in [3.8, 4) is 0 Å². The maximum atomic E-state index is 11.9. The van der Waals surface area contributed by atoms with Gasteiger partial charge < -0.3 is 21.3 Å². The summed E-state index contributed by atoms with van der Waals surface area (Å²) in [5, 5.41) is 21.4. The number of carboxylic acids is 1. The number of fused-ring (bicyclic) bond motifs is 1. The number of thioether (sulfide) groups is 1. The Labute approximate surface area is 125 Å². The molecule has 0 aliphatic carbocycles. The third-order valence-corrected chi connectivity index (χ3v) is 4.78. The van der Waals surface area contributed by atoms with Gasteiger partial charge in [-0.25, -0.2) is 4.79 Å². The Kier molecular flexibility index (Phi) is 4.55. The number of aliphatic hydroxyl groups excluding tert-OH is 1. The van der Waals surface area contributed by atoms with Crippen LogP contribution in [0.3, 0.4) is 0 Å². The van der Waals surface area contributed by atoms with Gasteiger partial charge in [-0.15, -0.1) is 11.8 Å². The van der Waals surface area contributed by atoms with Crippen LogP contribution in [0.25, 0.3) is 0 Å². The average molecular weight is 315 g/mol. The number of carbonyl (C=O) groups excluding carboxylic acids is 2. The largest absolute Gasteiger partial charge is 0.477 e. The third-order valence-electron chi connectivity index (χ3n) is 3.41. The predicted molar refractivity (Wildman–Crippen MR) is 74.7 cm³/mol. The highest BCUT2D eigenvalue weighted by molar-refractivity contribution is 8.04. The van der Waals surface area contributed by atoms with Gasteiger partial charge in [-0.2, -0.15) is 0 Å². The first-order chi connectivity index (χ1) is 9.84. The highest BCUT2D eigenvalue weighted by Crippen LogP contribution is 2.49. The topological polar surface area (TPSA) is 133 Å². The number of β-lactam (4-membered cyclic amide) rings is 1. The molecular formula is C12H17N3O5S. The molecule has 2 rings (SSSR count). The van der Waals surface area contributed by atoms with Gasteiger partial charge in [-0.3, -0.25) is 14.5 Å². The van der Waals surface area contributed by atoms with E-state index >= 15 is 0 Å². The Balaban J connectivity index is 2.04. The van der Waals surface area contributed by atoms with E-state index < -0.39 is 23.9 Å². The lowest BCUT2D eigenvalue weighted by Gasteiger charge is -2.43. The summed E-state index contributed by atoms with van der Waals surface area (Å²) >= 11 is 1.26. The first kappa shape index (κ1) is 15.8. The first-order valence-electron chi connectivity index (χ1n) is 6.47. The number of primary amides is 1. The molecule has 116 valence electrons. The van der Waals surface area contributed by atoms with Gasteiger partial charge in [0.1, 0.15) is 11.1 Å². The van der Waals surface area contributed by atoms with E-state index in [1.54, 1.807) is 0 Å². The second-order valence-electron chi connectivity index (χ2n) is 4.95. The van der Waals surface area contributed by atoms with Crippen LogP contribution < -0.4 is 11.1 Å². The van der Waals surface area contributed by atoms with E-state index in [1.165, 1.54) is 23.6 Å². The van der Waals surface area contributed by atoms with Crippen molar-refractivity contribution in [2.45, 2.75) is 24.8 Å². The van der Waals surface area contributed by atoms with Crippen LogP contribution in [0.2, 0.25) is 0 Å². The fraction of sp³-hybridized carbons (Fsp3) is 0.583. The fourth-order valence-electron chi connectivity index (χ4n) is 2.39. The summed E-state index contributed by atoms with van der Waals surface area (Å²) in [6, 6.07) is 0. The number of hydrogen-bond acceptors (Lipinski definition) is 6. The van der Waals surface area contributed by atoms with Crippen LogP contribution in [0.1, 0.15) is 13.3 Å². The molecule has 9 heteroatoms. The van der Waals surface area contributed by atoms with Gasteiger partial charge in [-0.05, 0) is 6.92 Å². The molecule has 0 aromatic heterocycles. The molecule has 5 N–H and O–H groups in total. The highest BCUT2D eigenvalue weighted by atomic mass is 32.2. The summed E-state index contributed by atoms with van der Waals surface area (Å²) in [6.07, 6.45) is -0.661. The van der Waals surface area contributed by atoms with Crippen molar-refractivity contribution in [2.75, 3.05) is 13.1 Å². The van der Waals surface area contributed by atoms with Crippen molar-refractivity contribution in [2.24, 2.45) is 11.7 Å². The zero-order valence-electron chi connectivity index (χ0n) is 11.4. The van der Waals surface area contributed by atoms with Crippen LogP contribution in [0.15, 0.2) is 10.6 Å². The lowest BCUT2D eigenvalue weighted by Crippen LogP contribution is -2.60. The number of nitrogens with two attached hydrogens (primary N) is 1. The molecule has 2 amide bonds. The monoisotopic (exact) mass is 315 g/mol. The standard InChI is InChI=1S/C12H17N3O5S/c1-5(16)8-10(18)15-9(12(19)20)6(21-11(8)15)4-14-3-2-7(13)17/h5,8,11,14,16H,2-4H2,1H3,(H2,13,17)(H,19,20)/t5-,8+,11-/m1/s1. The molecule has 2 aliphatic rings. The van der Waals surface area contributed by atoms with Gasteiger partial charge in [0, 0.05) is 24.4 Å². The van der Waals surface area contributed by atoms with E-state index in [9.17, 15) is 24.6 Å². The molecule has 2 heterocycles. The second-order valence-corrected chi connectivity index (χ2v) is 6.16. The van der Waals surface area contributed by atoms with Crippen molar-refractivity contribution in [1.82, 2.24) is 10.2 Å². The van der Waals surface area contributed by atoms with Gasteiger partial charge in [0.2, 0.25) is 11.8 Å². The molecule has 2 aliphatic heterocycles. The lowest BCUT2D eigenvalue weighted by molar-refractivity contribution is -0.156. The molecule has 8 nitrogen and oxygen atoms in total. The summed E-state index contributed by atoms with van der Waals surface area (Å²) < 4.78 is 0. The molecule has 3 atom stereocenters. The third kappa shape index (κ3) is 2.89. The number of carboxylic acid groups (broad SMARTS) is 1. The van der Waals surface area contributed by atoms with Crippen molar-refractivity contribution in [1.29, 1.82) is 0 Å². The van der Waals surface area contributed by atoms with Crippen LogP contribution in [0.4, 0.5) is 0 Å². The molecule has 0 aromatic carbocycles. The number of aliphatic carboxylic acids is 1. The van der Waals surface area contributed by atoms with Crippen LogP contribution in [0, 0.1) is 5.92 Å². The maximum Gasteiger partial charge on any atom is 0.353 e. The van der Waals surface area contributed by atoms with Crippen LogP contribution >= 0.6 is 11.8 Å². The van der Waals surface area contributed by atoms with E-state index in [0.717, 1.165) is 0 Å². The van der Waals surface area contributed by atoms with Crippen molar-refractivity contribution < 1.29 is 24.6 Å². The van der Waals surface area contributed by atoms with E-state index in [0.29, 0.717) is 11.4 Å². The Bertz CT molecular complexity index is 519. The zero-order valence-corrected chi connectivity index (χ0v) is 12.2. The molecular weight excluding hydrogens is 298 g/mol. The van der Waals surface area contributed by atoms with Crippen LogP contribution in [-0.2, 0) is 14.4 Å². The predicted octanol–water partition coefficient (Wildman–Crippen LogP) is -1.34. The van der Waals surface area contributed by atoms with Gasteiger partial charge in [0.05, 0.1) is 12.0 Å². The number of nitrogens with one attached hydrogen (secondary N) is 1. The molecule has 1 fully saturated rings. The van der Waals surface area contributed by atoms with E-state index in [4.69, 9.17) is 5.73 Å². The van der Waals surface area contributed by atoms with Crippen molar-refractivity contribution in [3.05, 3.63) is 10.6 Å². The molecule has 21 heavy (non-hydrogen) atoms. The maximum absolute atomic E-state index is 11.9. The van der Waals surface area contributed by atoms with Gasteiger partial charge >= 0.3 is 5.97 Å². The molecule has 0 bridgehead atoms. The first-order valence-corrected chi connectivity index (χ1v) is 7.35. The number of rotatable bonds is 7. The number of aliphatic hydroxyl groups is 1. The Morgan fingerprint density at radius 2 is 2.19 bits per heavy atom. The van der Waals surface area contributed by atoms with Crippen LogP contribution in [0.5, 0.6) is 0 Å². The molecule has 0 saturated carbocycles. The summed E-state index contributed by atoms with van der Waals surface area (Å²) in [5.74, 6) is -2.56. The Morgan fingerprint density at radius 3 is 2.71 bits per heavy atom. The minimum absolute atomic E-state index is 0.0431. The fourth-order valence-corrected chi connectivity index (χ4v) is 3.97. The quantitative estimate of drug-likeness (QED) is 0.337. The highest BCUT2D eigenvalue weighted by Gasteiger charge is 2.57. The second kappa shape index (κ2) is 6.04. The van der Waals surface area contributed by atoms with Crippen molar-refractivity contribution in [3.63, 3.8) is 0 Å². The number of amides is 2. The van der Waals surface area contributed by atoms with E-state index in [1.807, 2.05) is 0 Å². The Hall–Kier alpha value is -1.58. The zero-order chi connectivity index (χ0) is 15.7. The number of nitrogens with zero attached hydrogens (tertiary/aromatic N) is 1. The summed E-state index contributed by atoms with van der Waals surface area (Å²) in [6.45, 7) is 2.10. The van der Waals surface area contributed by atoms with E-state index in [2.05, 4.69) is 5.32 Å².